The van der Waals surface area contributed by atoms with Gasteiger partial charge >= 0.3 is 0 Å². The number of amides is 1. The summed E-state index contributed by atoms with van der Waals surface area (Å²) in [5, 5.41) is 0.634. The molecule has 0 N–H and O–H groups in total. The molecule has 0 atom stereocenters. The third-order valence-electron chi connectivity index (χ3n) is 5.65. The van der Waals surface area contributed by atoms with E-state index in [1.807, 2.05) is 6.92 Å². The first kappa shape index (κ1) is 27.2. The van der Waals surface area contributed by atoms with Gasteiger partial charge in [-0.15, -0.1) is 12.4 Å². The summed E-state index contributed by atoms with van der Waals surface area (Å²) in [6.45, 7) is 12.8. The second-order valence-electron chi connectivity index (χ2n) is 7.84. The van der Waals surface area contributed by atoms with Crippen molar-refractivity contribution in [3.63, 3.8) is 0 Å². The topological polar surface area (TPSA) is 70.6 Å². The smallest absolute Gasteiger partial charge is 0.260 e. The quantitative estimate of drug-likeness (QED) is 0.400. The van der Waals surface area contributed by atoms with Crippen LogP contribution >= 0.6 is 23.7 Å². The van der Waals surface area contributed by atoms with Crippen LogP contribution in [-0.2, 0) is 9.84 Å². The van der Waals surface area contributed by atoms with Gasteiger partial charge in [0.15, 0.2) is 15.0 Å². The minimum absolute atomic E-state index is 0. The molecule has 0 aliphatic heterocycles. The number of carbonyl (C=O) groups is 1. The second-order valence-corrected chi connectivity index (χ2v) is 11.1. The molecule has 0 spiro atoms. The van der Waals surface area contributed by atoms with Crippen LogP contribution in [0.25, 0.3) is 10.2 Å². The fourth-order valence-electron chi connectivity index (χ4n) is 3.68. The monoisotopic (exact) mass is 509 g/mol. The van der Waals surface area contributed by atoms with Gasteiger partial charge in [-0.05, 0) is 62.3 Å². The third-order valence-corrected chi connectivity index (χ3v) is 8.41. The average molecular weight is 510 g/mol. The fourth-order valence-corrected chi connectivity index (χ4v) is 5.78. The molecule has 3 aromatic rings. The van der Waals surface area contributed by atoms with Crippen LogP contribution in [0.15, 0.2) is 41.3 Å². The van der Waals surface area contributed by atoms with E-state index in [0.29, 0.717) is 23.8 Å². The summed E-state index contributed by atoms with van der Waals surface area (Å²) in [6.07, 6.45) is 0. The van der Waals surface area contributed by atoms with E-state index < -0.39 is 9.84 Å². The van der Waals surface area contributed by atoms with Crippen LogP contribution in [0.3, 0.4) is 0 Å². The van der Waals surface area contributed by atoms with Crippen LogP contribution in [0.5, 0.6) is 0 Å². The largest absolute Gasteiger partial charge is 0.302 e. The number of sulfone groups is 1. The van der Waals surface area contributed by atoms with E-state index >= 15 is 0 Å². The number of hydrogen-bond donors (Lipinski definition) is 0. The van der Waals surface area contributed by atoms with Crippen molar-refractivity contribution < 1.29 is 13.2 Å². The van der Waals surface area contributed by atoms with Crippen LogP contribution < -0.4 is 4.90 Å². The Labute approximate surface area is 207 Å². The Bertz CT molecular complexity index is 1220. The van der Waals surface area contributed by atoms with E-state index in [1.165, 1.54) is 17.4 Å². The van der Waals surface area contributed by atoms with Gasteiger partial charge in [0.1, 0.15) is 0 Å². The number of aryl methyl sites for hydroxylation is 2. The minimum atomic E-state index is -3.40. The standard InChI is InChI=1S/C24H31N3O3S2.ClH/c1-6-26(7-2)12-13-27(24-25-22-18(5)14-17(4)15-21(22)31-24)23(28)19-10-9-11-20(16-19)32(29,30)8-3;/h9-11,14-16H,6-8,12-13H2,1-5H3;1H. The molecule has 0 aliphatic carbocycles. The van der Waals surface area contributed by atoms with Crippen molar-refractivity contribution in [2.24, 2.45) is 0 Å². The predicted octanol–water partition coefficient (Wildman–Crippen LogP) is 5.12. The van der Waals surface area contributed by atoms with Gasteiger partial charge in [0.2, 0.25) is 0 Å². The number of nitrogens with zero attached hydrogens (tertiary/aromatic N) is 3. The molecule has 1 amide bonds. The molecule has 1 heterocycles. The van der Waals surface area contributed by atoms with Crippen molar-refractivity contribution in [1.82, 2.24) is 9.88 Å². The molecule has 0 radical (unpaired) electrons. The maximum Gasteiger partial charge on any atom is 0.260 e. The van der Waals surface area contributed by atoms with Crippen molar-refractivity contribution in [3.05, 3.63) is 53.1 Å². The Hall–Kier alpha value is -2.00. The molecule has 0 saturated carbocycles. The molecule has 3 rings (SSSR count). The molecule has 2 aromatic carbocycles. The van der Waals surface area contributed by atoms with Crippen LogP contribution in [0.2, 0.25) is 0 Å². The van der Waals surface area contributed by atoms with Gasteiger partial charge in [-0.1, -0.05) is 44.2 Å². The molecule has 33 heavy (non-hydrogen) atoms. The van der Waals surface area contributed by atoms with Crippen molar-refractivity contribution >= 4 is 54.8 Å². The minimum Gasteiger partial charge on any atom is -0.302 e. The molecule has 0 bridgehead atoms. The highest BCUT2D eigenvalue weighted by atomic mass is 35.5. The SMILES string of the molecule is CCN(CC)CCN(C(=O)c1cccc(S(=O)(=O)CC)c1)c1nc2c(C)cc(C)cc2s1.Cl. The summed E-state index contributed by atoms with van der Waals surface area (Å²) in [5.74, 6) is -0.244. The lowest BCUT2D eigenvalue weighted by atomic mass is 10.1. The summed E-state index contributed by atoms with van der Waals surface area (Å²) in [5.41, 5.74) is 3.49. The summed E-state index contributed by atoms with van der Waals surface area (Å²) in [7, 11) is -3.40. The van der Waals surface area contributed by atoms with E-state index in [9.17, 15) is 13.2 Å². The van der Waals surface area contributed by atoms with Gasteiger partial charge in [0, 0.05) is 18.7 Å². The summed E-state index contributed by atoms with van der Waals surface area (Å²) in [6, 6.07) is 10.5. The molecule has 9 heteroatoms. The molecule has 0 unspecified atom stereocenters. The Morgan fingerprint density at radius 3 is 2.36 bits per heavy atom. The lowest BCUT2D eigenvalue weighted by molar-refractivity contribution is 0.0983. The molecular weight excluding hydrogens is 478 g/mol. The molecular formula is C24H32ClN3O3S2. The van der Waals surface area contributed by atoms with Gasteiger partial charge in [-0.2, -0.15) is 0 Å². The molecule has 0 saturated heterocycles. The van der Waals surface area contributed by atoms with E-state index in [2.05, 4.69) is 37.8 Å². The zero-order chi connectivity index (χ0) is 23.5. The second kappa shape index (κ2) is 11.4. The molecule has 0 fully saturated rings. The first-order valence-corrected chi connectivity index (χ1v) is 13.4. The van der Waals surface area contributed by atoms with Crippen LogP contribution in [0.1, 0.15) is 42.3 Å². The molecule has 0 aliphatic rings. The number of hydrogen-bond acceptors (Lipinski definition) is 6. The highest BCUT2D eigenvalue weighted by Crippen LogP contribution is 2.32. The number of carbonyl (C=O) groups excluding carboxylic acids is 1. The highest BCUT2D eigenvalue weighted by molar-refractivity contribution is 7.91. The van der Waals surface area contributed by atoms with Gasteiger partial charge in [-0.25, -0.2) is 13.4 Å². The highest BCUT2D eigenvalue weighted by Gasteiger charge is 2.24. The van der Waals surface area contributed by atoms with Crippen LogP contribution in [0, 0.1) is 13.8 Å². The normalized spacial score (nSPS) is 11.6. The third kappa shape index (κ3) is 6.12. The van der Waals surface area contributed by atoms with Crippen molar-refractivity contribution in [3.8, 4) is 0 Å². The van der Waals surface area contributed by atoms with Crippen molar-refractivity contribution in [2.45, 2.75) is 39.5 Å². The van der Waals surface area contributed by atoms with Gasteiger partial charge in [0.05, 0.1) is 20.9 Å². The molecule has 6 nitrogen and oxygen atoms in total. The number of thiazole rings is 1. The first-order valence-electron chi connectivity index (χ1n) is 10.9. The van der Waals surface area contributed by atoms with Crippen LogP contribution in [0.4, 0.5) is 5.13 Å². The summed E-state index contributed by atoms with van der Waals surface area (Å²) < 4.78 is 25.7. The Morgan fingerprint density at radius 2 is 1.73 bits per heavy atom. The summed E-state index contributed by atoms with van der Waals surface area (Å²) >= 11 is 1.50. The molecule has 180 valence electrons. The number of halogens is 1. The van der Waals surface area contributed by atoms with E-state index in [1.54, 1.807) is 30.0 Å². The Kier molecular flexibility index (Phi) is 9.43. The molecule has 1 aromatic heterocycles. The summed E-state index contributed by atoms with van der Waals surface area (Å²) in [4.78, 5) is 22.5. The maximum absolute atomic E-state index is 13.6. The fraction of sp³-hybridized carbons (Fsp3) is 0.417. The number of benzene rings is 2. The lowest BCUT2D eigenvalue weighted by Gasteiger charge is -2.25. The zero-order valence-corrected chi connectivity index (χ0v) is 22.2. The predicted molar refractivity (Wildman–Crippen MR) is 140 cm³/mol. The average Bonchev–Trinajstić information content (AvgIpc) is 3.20. The first-order chi connectivity index (χ1) is 15.2. The van der Waals surface area contributed by atoms with Gasteiger partial charge in [0.25, 0.3) is 5.91 Å². The van der Waals surface area contributed by atoms with E-state index in [0.717, 1.165) is 34.4 Å². The number of likely N-dealkylation sites (N-methyl/N-ethyl adjacent to an activating group) is 1. The lowest BCUT2D eigenvalue weighted by Crippen LogP contribution is -2.39. The van der Waals surface area contributed by atoms with Crippen molar-refractivity contribution in [1.29, 1.82) is 0 Å². The zero-order valence-electron chi connectivity index (χ0n) is 19.8. The van der Waals surface area contributed by atoms with E-state index in [4.69, 9.17) is 4.98 Å². The number of rotatable bonds is 9. The number of anilines is 1. The van der Waals surface area contributed by atoms with Gasteiger partial charge in [-0.3, -0.25) is 9.69 Å². The number of aromatic nitrogens is 1. The van der Waals surface area contributed by atoms with Crippen LogP contribution in [-0.4, -0.2) is 56.1 Å². The number of fused-ring (bicyclic) bond motifs is 1. The van der Waals surface area contributed by atoms with Crippen molar-refractivity contribution in [2.75, 3.05) is 36.8 Å². The maximum atomic E-state index is 13.6. The van der Waals surface area contributed by atoms with Gasteiger partial charge < -0.3 is 4.90 Å². The Balaban J connectivity index is 0.00000385. The Morgan fingerprint density at radius 1 is 1.03 bits per heavy atom. The van der Waals surface area contributed by atoms with E-state index in [-0.39, 0.29) is 29.0 Å².